The van der Waals surface area contributed by atoms with E-state index < -0.39 is 42.2 Å². The minimum Gasteiger partial charge on any atom is -0.344 e. The molecule has 2 amide bonds. The number of alkyl halides is 3. The Morgan fingerprint density at radius 2 is 2.03 bits per heavy atom. The van der Waals surface area contributed by atoms with Crippen molar-refractivity contribution in [3.05, 3.63) is 41.2 Å². The number of halogens is 5. The Kier molecular flexibility index (Phi) is 5.58. The fraction of sp³-hybridized carbons (Fsp3) is 0.286. The number of hydrogen-bond donors (Lipinski definition) is 3. The highest BCUT2D eigenvalue weighted by Gasteiger charge is 2.43. The lowest BCUT2D eigenvalue weighted by Crippen LogP contribution is -2.32. The fourth-order valence-electron chi connectivity index (χ4n) is 3.89. The Labute approximate surface area is 198 Å². The van der Waals surface area contributed by atoms with Crippen molar-refractivity contribution in [3.63, 3.8) is 0 Å². The molecule has 4 aromatic rings. The van der Waals surface area contributed by atoms with Crippen molar-refractivity contribution < 1.29 is 27.2 Å². The lowest BCUT2D eigenvalue weighted by molar-refractivity contribution is -0.132. The second-order valence-electron chi connectivity index (χ2n) is 8.12. The Morgan fingerprint density at radius 3 is 2.71 bits per heavy atom. The van der Waals surface area contributed by atoms with Gasteiger partial charge < -0.3 is 15.0 Å². The smallest absolute Gasteiger partial charge is 0.315 e. The first-order valence-corrected chi connectivity index (χ1v) is 10.8. The van der Waals surface area contributed by atoms with E-state index in [1.54, 1.807) is 0 Å². The topological polar surface area (TPSA) is 117 Å². The molecule has 1 fully saturated rings. The van der Waals surface area contributed by atoms with Gasteiger partial charge in [-0.2, -0.15) is 13.9 Å². The molecule has 3 heterocycles. The number of imidazole rings is 1. The number of carbonyl (C=O) groups excluding carboxylic acids is 2. The predicted octanol–water partition coefficient (Wildman–Crippen LogP) is 3.80. The molecule has 3 atom stereocenters. The molecule has 0 bridgehead atoms. The van der Waals surface area contributed by atoms with Crippen LogP contribution in [0, 0.1) is 11.7 Å². The van der Waals surface area contributed by atoms with E-state index in [4.69, 9.17) is 11.6 Å². The second-order valence-corrected chi connectivity index (χ2v) is 8.50. The number of amides is 2. The molecule has 14 heteroatoms. The number of aromatic nitrogens is 5. The van der Waals surface area contributed by atoms with Crippen LogP contribution in [0.3, 0.4) is 0 Å². The molecule has 5 rings (SSSR count). The largest absolute Gasteiger partial charge is 0.344 e. The quantitative estimate of drug-likeness (QED) is 0.342. The van der Waals surface area contributed by atoms with Gasteiger partial charge in [-0.3, -0.25) is 19.7 Å². The molecule has 1 unspecified atom stereocenters. The number of benzene rings is 1. The summed E-state index contributed by atoms with van der Waals surface area (Å²) in [6.07, 6.45) is 1.49. The van der Waals surface area contributed by atoms with Gasteiger partial charge in [0, 0.05) is 22.7 Å². The van der Waals surface area contributed by atoms with E-state index in [1.807, 2.05) is 5.32 Å². The highest BCUT2D eigenvalue weighted by Crippen LogP contribution is 2.40. The van der Waals surface area contributed by atoms with E-state index in [1.165, 1.54) is 36.1 Å². The van der Waals surface area contributed by atoms with Gasteiger partial charge in [-0.05, 0) is 13.3 Å². The number of fused-ring (bicyclic) bond motifs is 2. The molecule has 35 heavy (non-hydrogen) atoms. The molecular weight excluding hydrogens is 494 g/mol. The number of nitrogens with zero attached hydrogens (tertiary/aromatic N) is 4. The molecule has 0 aliphatic heterocycles. The van der Waals surface area contributed by atoms with Crippen molar-refractivity contribution in [1.82, 2.24) is 29.9 Å². The molecule has 0 radical (unpaired) electrons. The van der Waals surface area contributed by atoms with Crippen LogP contribution in [0.15, 0.2) is 24.8 Å². The van der Waals surface area contributed by atoms with Gasteiger partial charge in [-0.15, -0.1) is 0 Å². The van der Waals surface area contributed by atoms with Crippen LogP contribution in [0.4, 0.5) is 23.4 Å². The lowest BCUT2D eigenvalue weighted by Gasteiger charge is -2.18. The average Bonchev–Trinajstić information content (AvgIpc) is 3.17. The Bertz CT molecular complexity index is 1490. The van der Waals surface area contributed by atoms with Gasteiger partial charge in [0.2, 0.25) is 5.91 Å². The number of rotatable bonds is 6. The van der Waals surface area contributed by atoms with Crippen molar-refractivity contribution in [3.8, 4) is 11.3 Å². The van der Waals surface area contributed by atoms with Crippen molar-refractivity contribution in [2.24, 2.45) is 5.92 Å². The first-order valence-electron chi connectivity index (χ1n) is 10.4. The fourth-order valence-corrected chi connectivity index (χ4v) is 4.19. The molecule has 182 valence electrons. The third-order valence-corrected chi connectivity index (χ3v) is 6.07. The maximum absolute atomic E-state index is 15.4. The molecule has 1 saturated carbocycles. The minimum absolute atomic E-state index is 0.139. The Balaban J connectivity index is 1.54. The third kappa shape index (κ3) is 4.05. The van der Waals surface area contributed by atoms with Gasteiger partial charge in [-0.1, -0.05) is 11.6 Å². The first-order chi connectivity index (χ1) is 16.7. The summed E-state index contributed by atoms with van der Waals surface area (Å²) in [5.74, 6) is -3.45. The van der Waals surface area contributed by atoms with Gasteiger partial charge in [0.15, 0.2) is 11.5 Å². The van der Waals surface area contributed by atoms with Crippen LogP contribution in [0.25, 0.3) is 27.8 Å². The van der Waals surface area contributed by atoms with Crippen molar-refractivity contribution in [2.75, 3.05) is 5.32 Å². The number of nitrogens with one attached hydrogen (secondary N) is 3. The van der Waals surface area contributed by atoms with E-state index in [0.29, 0.717) is 11.0 Å². The van der Waals surface area contributed by atoms with E-state index >= 15 is 4.39 Å². The number of carbonyl (C=O) groups is 2. The molecule has 3 N–H and O–H groups in total. The lowest BCUT2D eigenvalue weighted by atomic mass is 9.98. The molecule has 0 spiro atoms. The summed E-state index contributed by atoms with van der Waals surface area (Å²) in [4.78, 5) is 31.9. The van der Waals surface area contributed by atoms with E-state index in [2.05, 4.69) is 25.5 Å². The van der Waals surface area contributed by atoms with Crippen LogP contribution in [-0.2, 0) is 9.59 Å². The van der Waals surface area contributed by atoms with Crippen LogP contribution in [-0.4, -0.2) is 49.0 Å². The molecule has 1 aliphatic rings. The maximum Gasteiger partial charge on any atom is 0.315 e. The standard InChI is InChI=1S/C21H16ClF4N7O2/c1-7(29-21(35)19(25)26)14-17(24)16(22)15(9-3-28-32-18(9)14)11-5-33-6-12(30-13(33)4-27-11)31-20(34)8-2-10(8)23/h3-8,10,19H,2H2,1H3,(H,28,32)(H,29,35)(H,31,34)/t7?,8-,10+/m1/s1. The molecule has 1 aliphatic carbocycles. The monoisotopic (exact) mass is 509 g/mol. The molecule has 9 nitrogen and oxygen atoms in total. The molecule has 1 aromatic carbocycles. The molecule has 0 saturated heterocycles. The number of H-pyrrole nitrogens is 1. The van der Waals surface area contributed by atoms with Crippen molar-refractivity contribution in [1.29, 1.82) is 0 Å². The van der Waals surface area contributed by atoms with Crippen molar-refractivity contribution >= 4 is 45.8 Å². The van der Waals surface area contributed by atoms with E-state index in [0.717, 1.165) is 0 Å². The van der Waals surface area contributed by atoms with Crippen LogP contribution in [0.2, 0.25) is 5.02 Å². The van der Waals surface area contributed by atoms with Crippen LogP contribution < -0.4 is 10.6 Å². The van der Waals surface area contributed by atoms with Gasteiger partial charge >= 0.3 is 6.43 Å². The average molecular weight is 510 g/mol. The number of anilines is 1. The van der Waals surface area contributed by atoms with Crippen LogP contribution in [0.5, 0.6) is 0 Å². The number of aromatic amines is 1. The summed E-state index contributed by atoms with van der Waals surface area (Å²) in [6.45, 7) is 1.34. The summed E-state index contributed by atoms with van der Waals surface area (Å²) in [5.41, 5.74) is 0.764. The molecular formula is C21H16ClF4N7O2. The van der Waals surface area contributed by atoms with Crippen molar-refractivity contribution in [2.45, 2.75) is 32.0 Å². The third-order valence-electron chi connectivity index (χ3n) is 5.71. The van der Waals surface area contributed by atoms with Gasteiger partial charge in [0.1, 0.15) is 12.0 Å². The van der Waals surface area contributed by atoms with E-state index in [9.17, 15) is 22.8 Å². The van der Waals surface area contributed by atoms with Crippen LogP contribution >= 0.6 is 11.6 Å². The summed E-state index contributed by atoms with van der Waals surface area (Å²) < 4.78 is 55.4. The van der Waals surface area contributed by atoms with Gasteiger partial charge in [-0.25, -0.2) is 13.8 Å². The summed E-state index contributed by atoms with van der Waals surface area (Å²) >= 11 is 6.36. The summed E-state index contributed by atoms with van der Waals surface area (Å²) in [6, 6.07) is -1.14. The van der Waals surface area contributed by atoms with Gasteiger partial charge in [0.05, 0.1) is 46.8 Å². The second kappa shape index (κ2) is 8.48. The predicted molar refractivity (Wildman–Crippen MR) is 117 cm³/mol. The Morgan fingerprint density at radius 1 is 1.29 bits per heavy atom. The van der Waals surface area contributed by atoms with Gasteiger partial charge in [0.25, 0.3) is 5.91 Å². The minimum atomic E-state index is -3.27. The zero-order valence-electron chi connectivity index (χ0n) is 17.8. The highest BCUT2D eigenvalue weighted by molar-refractivity contribution is 6.35. The Hall–Kier alpha value is -3.74. The zero-order chi connectivity index (χ0) is 25.0. The zero-order valence-corrected chi connectivity index (χ0v) is 18.6. The SMILES string of the molecule is CC(NC(=O)C(F)F)c1c(F)c(Cl)c(-c2cn3cc(NC(=O)[C@@H]4C[C@@H]4F)nc3cn2)c2cn[nH]c12. The highest BCUT2D eigenvalue weighted by atomic mass is 35.5. The molecule has 3 aromatic heterocycles. The first kappa shape index (κ1) is 23.0. The van der Waals surface area contributed by atoms with E-state index in [-0.39, 0.29) is 39.6 Å². The summed E-state index contributed by atoms with van der Waals surface area (Å²) in [5, 5.41) is 11.1. The normalized spacial score (nSPS) is 18.3. The maximum atomic E-state index is 15.4. The summed E-state index contributed by atoms with van der Waals surface area (Å²) in [7, 11) is 0. The van der Waals surface area contributed by atoms with Crippen LogP contribution in [0.1, 0.15) is 24.9 Å². The number of hydrogen-bond acceptors (Lipinski definition) is 5.